The molecule has 2 rings (SSSR count). The lowest BCUT2D eigenvalue weighted by Crippen LogP contribution is -1.90. The van der Waals surface area contributed by atoms with Crippen LogP contribution in [0.5, 0.6) is 0 Å². The molecule has 0 aliphatic heterocycles. The Morgan fingerprint density at radius 1 is 1.25 bits per heavy atom. The average Bonchev–Trinajstić information content (AvgIpc) is 2.64. The molecule has 0 fully saturated rings. The Hall–Kier alpha value is -1.30. The van der Waals surface area contributed by atoms with Crippen LogP contribution in [0.15, 0.2) is 21.0 Å². The molecule has 16 heavy (non-hydrogen) atoms. The number of rotatable bonds is 2. The highest BCUT2D eigenvalue weighted by Crippen LogP contribution is 2.27. The van der Waals surface area contributed by atoms with E-state index in [2.05, 4.69) is 26.1 Å². The third kappa shape index (κ3) is 1.97. The summed E-state index contributed by atoms with van der Waals surface area (Å²) < 4.78 is 32.4. The third-order valence-corrected chi connectivity index (χ3v) is 2.45. The maximum atomic E-state index is 13.5. The second kappa shape index (κ2) is 4.29. The molecule has 0 aliphatic rings. The molecular formula is C10H7BrF2N2O. The van der Waals surface area contributed by atoms with Crippen LogP contribution < -0.4 is 0 Å². The zero-order valence-corrected chi connectivity index (χ0v) is 9.88. The topological polar surface area (TPSA) is 38.9 Å². The van der Waals surface area contributed by atoms with Crippen molar-refractivity contribution in [2.45, 2.75) is 13.3 Å². The van der Waals surface area contributed by atoms with E-state index in [1.165, 1.54) is 0 Å². The highest BCUT2D eigenvalue weighted by atomic mass is 79.9. The van der Waals surface area contributed by atoms with Gasteiger partial charge < -0.3 is 4.42 Å². The number of aromatic nitrogens is 2. The van der Waals surface area contributed by atoms with E-state index >= 15 is 0 Å². The first-order valence-electron chi connectivity index (χ1n) is 4.59. The number of hydrogen-bond donors (Lipinski definition) is 0. The number of nitrogens with zero attached hydrogens (tertiary/aromatic N) is 2. The van der Waals surface area contributed by atoms with Gasteiger partial charge in [0.05, 0.1) is 0 Å². The average molecular weight is 289 g/mol. The molecule has 0 unspecified atom stereocenters. The van der Waals surface area contributed by atoms with Crippen LogP contribution >= 0.6 is 15.9 Å². The van der Waals surface area contributed by atoms with Crippen molar-refractivity contribution in [3.05, 3.63) is 34.1 Å². The molecule has 6 heteroatoms. The number of halogens is 3. The van der Waals surface area contributed by atoms with Crippen LogP contribution in [0, 0.1) is 11.6 Å². The molecule has 0 atom stereocenters. The summed E-state index contributed by atoms with van der Waals surface area (Å²) in [6.07, 6.45) is 0.521. The molecule has 0 aliphatic carbocycles. The van der Waals surface area contributed by atoms with E-state index < -0.39 is 11.6 Å². The fourth-order valence-electron chi connectivity index (χ4n) is 1.24. The van der Waals surface area contributed by atoms with E-state index in [9.17, 15) is 8.78 Å². The molecule has 0 N–H and O–H groups in total. The third-order valence-electron chi connectivity index (χ3n) is 1.99. The molecule has 1 aromatic carbocycles. The Labute approximate surface area is 98.6 Å². The Morgan fingerprint density at radius 3 is 2.38 bits per heavy atom. The summed E-state index contributed by atoms with van der Waals surface area (Å²) in [5, 5.41) is 7.25. The summed E-state index contributed by atoms with van der Waals surface area (Å²) >= 11 is 2.99. The minimum absolute atomic E-state index is 0.139. The highest BCUT2D eigenvalue weighted by Gasteiger charge is 2.18. The Morgan fingerprint density at radius 2 is 1.88 bits per heavy atom. The van der Waals surface area contributed by atoms with Crippen LogP contribution in [0.25, 0.3) is 11.5 Å². The van der Waals surface area contributed by atoms with Crippen LogP contribution in [-0.4, -0.2) is 10.2 Å². The van der Waals surface area contributed by atoms with Gasteiger partial charge in [-0.05, 0) is 12.1 Å². The minimum atomic E-state index is -0.738. The fourth-order valence-corrected chi connectivity index (χ4v) is 1.65. The van der Waals surface area contributed by atoms with Crippen molar-refractivity contribution >= 4 is 15.9 Å². The summed E-state index contributed by atoms with van der Waals surface area (Å²) in [4.78, 5) is 0. The lowest BCUT2D eigenvalue weighted by molar-refractivity contribution is 0.500. The van der Waals surface area contributed by atoms with E-state index in [0.717, 1.165) is 12.1 Å². The maximum Gasteiger partial charge on any atom is 0.253 e. The van der Waals surface area contributed by atoms with Crippen molar-refractivity contribution in [3.63, 3.8) is 0 Å². The van der Waals surface area contributed by atoms with E-state index in [4.69, 9.17) is 4.42 Å². The molecule has 0 saturated carbocycles. The Kier molecular flexibility index (Phi) is 3.00. The van der Waals surface area contributed by atoms with Gasteiger partial charge in [0.15, 0.2) is 0 Å². The van der Waals surface area contributed by atoms with Crippen LogP contribution in [-0.2, 0) is 6.42 Å². The number of hydrogen-bond acceptors (Lipinski definition) is 3. The molecule has 1 aromatic heterocycles. The molecule has 2 aromatic rings. The van der Waals surface area contributed by atoms with Crippen molar-refractivity contribution in [1.82, 2.24) is 10.2 Å². The van der Waals surface area contributed by atoms with Crippen molar-refractivity contribution in [2.24, 2.45) is 0 Å². The summed E-state index contributed by atoms with van der Waals surface area (Å²) in [5.41, 5.74) is -0.296. The van der Waals surface area contributed by atoms with E-state index in [0.29, 0.717) is 16.8 Å². The molecule has 0 bridgehead atoms. The smallest absolute Gasteiger partial charge is 0.253 e. The quantitative estimate of drug-likeness (QED) is 0.851. The predicted molar refractivity (Wildman–Crippen MR) is 56.7 cm³/mol. The van der Waals surface area contributed by atoms with Gasteiger partial charge in [-0.15, -0.1) is 10.2 Å². The number of benzene rings is 1. The standard InChI is InChI=1S/C10H7BrF2N2O/c1-2-8-14-15-10(16-8)9-6(12)3-5(11)4-7(9)13/h3-4H,2H2,1H3. The van der Waals surface area contributed by atoms with Gasteiger partial charge in [-0.2, -0.15) is 0 Å². The lowest BCUT2D eigenvalue weighted by Gasteiger charge is -2.00. The zero-order valence-electron chi connectivity index (χ0n) is 8.30. The zero-order chi connectivity index (χ0) is 11.7. The van der Waals surface area contributed by atoms with Gasteiger partial charge in [0.25, 0.3) is 5.89 Å². The normalized spacial score (nSPS) is 10.8. The Balaban J connectivity index is 2.55. The first-order valence-corrected chi connectivity index (χ1v) is 5.38. The Bertz CT molecular complexity index is 504. The van der Waals surface area contributed by atoms with Gasteiger partial charge >= 0.3 is 0 Å². The van der Waals surface area contributed by atoms with Crippen molar-refractivity contribution in [3.8, 4) is 11.5 Å². The van der Waals surface area contributed by atoms with Gasteiger partial charge in [-0.25, -0.2) is 8.78 Å². The van der Waals surface area contributed by atoms with E-state index in [1.54, 1.807) is 0 Å². The molecule has 0 spiro atoms. The van der Waals surface area contributed by atoms with Crippen molar-refractivity contribution in [2.75, 3.05) is 0 Å². The summed E-state index contributed by atoms with van der Waals surface area (Å²) in [6, 6.07) is 2.29. The molecule has 0 radical (unpaired) electrons. The van der Waals surface area contributed by atoms with Crippen LogP contribution in [0.1, 0.15) is 12.8 Å². The first kappa shape index (κ1) is 11.2. The molecule has 1 heterocycles. The molecular weight excluding hydrogens is 282 g/mol. The van der Waals surface area contributed by atoms with Gasteiger partial charge in [-0.1, -0.05) is 22.9 Å². The summed E-state index contributed by atoms with van der Waals surface area (Å²) in [5.74, 6) is -1.27. The van der Waals surface area contributed by atoms with Gasteiger partial charge in [0.2, 0.25) is 5.89 Å². The molecule has 0 saturated heterocycles. The maximum absolute atomic E-state index is 13.5. The van der Waals surface area contributed by atoms with Gasteiger partial charge in [0, 0.05) is 10.9 Å². The largest absolute Gasteiger partial charge is 0.420 e. The highest BCUT2D eigenvalue weighted by molar-refractivity contribution is 9.10. The first-order chi connectivity index (χ1) is 7.61. The SMILES string of the molecule is CCc1nnc(-c2c(F)cc(Br)cc2F)o1. The fraction of sp³-hybridized carbons (Fsp3) is 0.200. The monoisotopic (exact) mass is 288 g/mol. The van der Waals surface area contributed by atoms with E-state index in [-0.39, 0.29) is 11.5 Å². The van der Waals surface area contributed by atoms with Crippen LogP contribution in [0.2, 0.25) is 0 Å². The van der Waals surface area contributed by atoms with Crippen molar-refractivity contribution < 1.29 is 13.2 Å². The molecule has 84 valence electrons. The minimum Gasteiger partial charge on any atom is -0.420 e. The van der Waals surface area contributed by atoms with Crippen LogP contribution in [0.4, 0.5) is 8.78 Å². The molecule has 3 nitrogen and oxygen atoms in total. The second-order valence-electron chi connectivity index (χ2n) is 3.10. The van der Waals surface area contributed by atoms with Crippen LogP contribution in [0.3, 0.4) is 0 Å². The van der Waals surface area contributed by atoms with Crippen molar-refractivity contribution in [1.29, 1.82) is 0 Å². The van der Waals surface area contributed by atoms with Gasteiger partial charge in [-0.3, -0.25) is 0 Å². The summed E-state index contributed by atoms with van der Waals surface area (Å²) in [6.45, 7) is 1.81. The second-order valence-corrected chi connectivity index (χ2v) is 4.01. The lowest BCUT2D eigenvalue weighted by atomic mass is 10.2. The predicted octanol–water partition coefficient (Wildman–Crippen LogP) is 3.34. The molecule has 0 amide bonds. The van der Waals surface area contributed by atoms with E-state index in [1.807, 2.05) is 6.92 Å². The number of aryl methyl sites for hydroxylation is 1. The summed E-state index contributed by atoms with van der Waals surface area (Å²) in [7, 11) is 0. The van der Waals surface area contributed by atoms with Gasteiger partial charge in [0.1, 0.15) is 17.2 Å².